The third-order valence-corrected chi connectivity index (χ3v) is 9.65. The smallest absolute Gasteiger partial charge is 0.406 e. The van der Waals surface area contributed by atoms with Crippen LogP contribution in [0.2, 0.25) is 5.28 Å². The summed E-state index contributed by atoms with van der Waals surface area (Å²) < 4.78 is 112. The lowest BCUT2D eigenvalue weighted by Gasteiger charge is -2.39. The van der Waals surface area contributed by atoms with Gasteiger partial charge in [0.1, 0.15) is 28.1 Å². The highest BCUT2D eigenvalue weighted by Gasteiger charge is 2.41. The predicted molar refractivity (Wildman–Crippen MR) is 153 cm³/mol. The van der Waals surface area contributed by atoms with E-state index in [1.165, 1.54) is 12.1 Å². The summed E-state index contributed by atoms with van der Waals surface area (Å²) in [7, 11) is -4.46. The summed E-state index contributed by atoms with van der Waals surface area (Å²) in [5, 5.41) is 2.78. The molecule has 12 nitrogen and oxygen atoms in total. The number of carbonyl (C=O) groups is 1. The Balaban J connectivity index is 1.40. The second-order valence-corrected chi connectivity index (χ2v) is 12.7. The molecule has 0 aliphatic carbocycles. The predicted octanol–water partition coefficient (Wildman–Crippen LogP) is 4.32. The van der Waals surface area contributed by atoms with E-state index >= 15 is 0 Å². The van der Waals surface area contributed by atoms with Crippen molar-refractivity contribution in [1.82, 2.24) is 24.6 Å². The van der Waals surface area contributed by atoms with Crippen LogP contribution < -0.4 is 25.4 Å². The number of hydrogen-bond donors (Lipinski definition) is 2. The Morgan fingerprint density at radius 2 is 1.54 bits per heavy atom. The molecule has 46 heavy (non-hydrogen) atoms. The Morgan fingerprint density at radius 3 is 2.13 bits per heavy atom. The summed E-state index contributed by atoms with van der Waals surface area (Å²) in [6.07, 6.45) is -9.88. The molecule has 1 aliphatic rings. The zero-order valence-electron chi connectivity index (χ0n) is 22.8. The molecule has 0 unspecified atom stereocenters. The number of fused-ring (bicyclic) bond motifs is 1. The number of anilines is 2. The van der Waals surface area contributed by atoms with Gasteiger partial charge in [0.25, 0.3) is 0 Å². The van der Waals surface area contributed by atoms with E-state index in [9.17, 15) is 39.6 Å². The Morgan fingerprint density at radius 1 is 0.957 bits per heavy atom. The summed E-state index contributed by atoms with van der Waals surface area (Å²) in [5.74, 6) is -1.82. The number of rotatable bonds is 8. The molecular formula is C25H20ClF6N7O5S2. The van der Waals surface area contributed by atoms with E-state index in [1.54, 1.807) is 4.90 Å². The monoisotopic (exact) mass is 711 g/mol. The van der Waals surface area contributed by atoms with E-state index in [1.807, 2.05) is 0 Å². The summed E-state index contributed by atoms with van der Waals surface area (Å²) in [5.41, 5.74) is 6.49. The third-order valence-electron chi connectivity index (χ3n) is 6.43. The highest BCUT2D eigenvalue weighted by molar-refractivity contribution is 7.89. The molecular weight excluding hydrogens is 692 g/mol. The minimum absolute atomic E-state index is 0.0415. The van der Waals surface area contributed by atoms with Crippen LogP contribution in [0.5, 0.6) is 11.5 Å². The van der Waals surface area contributed by atoms with Gasteiger partial charge < -0.3 is 25.4 Å². The van der Waals surface area contributed by atoms with E-state index in [-0.39, 0.29) is 42.9 Å². The maximum atomic E-state index is 13.7. The van der Waals surface area contributed by atoms with Gasteiger partial charge in [0.15, 0.2) is 10.8 Å². The van der Waals surface area contributed by atoms with Gasteiger partial charge in [-0.3, -0.25) is 4.79 Å². The van der Waals surface area contributed by atoms with E-state index < -0.39 is 51.1 Å². The molecule has 3 N–H and O–H groups in total. The molecule has 3 heterocycles. The average Bonchev–Trinajstić information content (AvgIpc) is 3.39. The van der Waals surface area contributed by atoms with Crippen LogP contribution in [-0.4, -0.2) is 72.0 Å². The van der Waals surface area contributed by atoms with E-state index in [0.717, 1.165) is 52.0 Å². The molecule has 0 bridgehead atoms. The number of hydrogen-bond acceptors (Lipinski definition) is 11. The van der Waals surface area contributed by atoms with Crippen LogP contribution in [0.1, 0.15) is 5.56 Å². The highest BCUT2D eigenvalue weighted by Crippen LogP contribution is 2.34. The fourth-order valence-electron chi connectivity index (χ4n) is 4.45. The molecule has 1 amide bonds. The number of nitrogen functional groups attached to an aromatic ring is 1. The second kappa shape index (κ2) is 12.6. The van der Waals surface area contributed by atoms with E-state index in [2.05, 4.69) is 29.7 Å². The number of benzene rings is 2. The van der Waals surface area contributed by atoms with Crippen LogP contribution in [-0.2, 0) is 21.4 Å². The highest BCUT2D eigenvalue weighted by atomic mass is 35.5. The van der Waals surface area contributed by atoms with Gasteiger partial charge in [0, 0.05) is 26.2 Å². The number of aromatic nitrogens is 3. The van der Waals surface area contributed by atoms with E-state index in [4.69, 9.17) is 17.3 Å². The van der Waals surface area contributed by atoms with Gasteiger partial charge in [-0.15, -0.1) is 26.3 Å². The number of piperazine rings is 1. The molecule has 2 aromatic carbocycles. The number of nitrogens with one attached hydrogen (secondary N) is 1. The molecule has 1 saturated heterocycles. The van der Waals surface area contributed by atoms with Crippen LogP contribution in [0.3, 0.4) is 0 Å². The van der Waals surface area contributed by atoms with Crippen molar-refractivity contribution >= 4 is 60.2 Å². The Kier molecular flexibility index (Phi) is 9.08. The summed E-state index contributed by atoms with van der Waals surface area (Å²) in [4.78, 5) is 27.1. The van der Waals surface area contributed by atoms with Crippen molar-refractivity contribution in [2.45, 2.75) is 30.2 Å². The lowest BCUT2D eigenvalue weighted by atomic mass is 10.1. The molecule has 0 saturated carbocycles. The summed E-state index contributed by atoms with van der Waals surface area (Å²) >= 11 is 6.96. The number of thiazole rings is 1. The van der Waals surface area contributed by atoms with Crippen LogP contribution >= 0.6 is 22.9 Å². The van der Waals surface area contributed by atoms with Gasteiger partial charge in [0.05, 0.1) is 4.90 Å². The number of nitrogens with zero attached hydrogens (tertiary/aromatic N) is 5. The molecule has 4 aromatic rings. The van der Waals surface area contributed by atoms with Gasteiger partial charge >= 0.3 is 12.7 Å². The molecule has 0 spiro atoms. The molecule has 2 aromatic heterocycles. The molecule has 246 valence electrons. The Labute approximate surface area is 264 Å². The zero-order chi connectivity index (χ0) is 33.4. The first-order valence-corrected chi connectivity index (χ1v) is 15.5. The third kappa shape index (κ3) is 7.80. The maximum absolute atomic E-state index is 13.7. The van der Waals surface area contributed by atoms with Crippen molar-refractivity contribution in [3.05, 3.63) is 59.4 Å². The van der Waals surface area contributed by atoms with Gasteiger partial charge in [-0.25, -0.2) is 8.42 Å². The van der Waals surface area contributed by atoms with Crippen molar-refractivity contribution in [1.29, 1.82) is 0 Å². The molecule has 21 heteroatoms. The minimum atomic E-state index is -4.99. The number of nitrogens with two attached hydrogens (primary N) is 1. The molecule has 5 rings (SSSR count). The Bertz CT molecular complexity index is 1840. The van der Waals surface area contributed by atoms with Crippen molar-refractivity contribution in [2.75, 3.05) is 30.3 Å². The standard InChI is InChI=1S/C25H20ClF6N7O5S2/c26-22-35-19(33)18-20(36-22)37-23(45-18)38-9-10-39(46(41,42)16-7-5-15(6-8-16)44-25(30,31)32)17(12-38)21(40)34-11-13-1-3-14(4-2-13)43-24(27,28)29/h1-8,17H,9-12H2,(H,34,40)(H2,33,35,36)/t17-/m1/s1. The summed E-state index contributed by atoms with van der Waals surface area (Å²) in [6, 6.07) is 6.77. The second-order valence-electron chi connectivity index (χ2n) is 9.53. The van der Waals surface area contributed by atoms with Crippen LogP contribution in [0, 0.1) is 0 Å². The first kappa shape index (κ1) is 33.2. The fourth-order valence-corrected chi connectivity index (χ4v) is 7.13. The van der Waals surface area contributed by atoms with Gasteiger partial charge in [-0.05, 0) is 53.6 Å². The first-order chi connectivity index (χ1) is 21.5. The van der Waals surface area contributed by atoms with Crippen molar-refractivity contribution < 1.29 is 49.0 Å². The van der Waals surface area contributed by atoms with E-state index in [0.29, 0.717) is 15.4 Å². The molecule has 1 fully saturated rings. The SMILES string of the molecule is Nc1nc(Cl)nc2nc(N3CCN(S(=O)(=O)c4ccc(OC(F)(F)F)cc4)[C@@H](C(=O)NCc4ccc(OC(F)(F)F)cc4)C3)sc12. The van der Waals surface area contributed by atoms with Crippen LogP contribution in [0.25, 0.3) is 10.3 Å². The van der Waals surface area contributed by atoms with Crippen LogP contribution in [0.4, 0.5) is 37.3 Å². The minimum Gasteiger partial charge on any atom is -0.406 e. The van der Waals surface area contributed by atoms with Gasteiger partial charge in [-0.1, -0.05) is 23.5 Å². The Hall–Kier alpha value is -4.14. The zero-order valence-corrected chi connectivity index (χ0v) is 25.2. The lowest BCUT2D eigenvalue weighted by Crippen LogP contribution is -2.60. The van der Waals surface area contributed by atoms with Gasteiger partial charge in [-0.2, -0.15) is 19.3 Å². The topological polar surface area (TPSA) is 153 Å². The number of halogens is 7. The van der Waals surface area contributed by atoms with Crippen LogP contribution in [0.15, 0.2) is 53.4 Å². The number of carbonyl (C=O) groups excluding carboxylic acids is 1. The normalized spacial score (nSPS) is 16.4. The largest absolute Gasteiger partial charge is 0.573 e. The summed E-state index contributed by atoms with van der Waals surface area (Å²) in [6.45, 7) is -0.618. The average molecular weight is 712 g/mol. The molecule has 0 radical (unpaired) electrons. The van der Waals surface area contributed by atoms with Gasteiger partial charge in [0.2, 0.25) is 21.2 Å². The molecule has 1 aliphatic heterocycles. The van der Waals surface area contributed by atoms with Crippen molar-refractivity contribution in [3.63, 3.8) is 0 Å². The molecule has 1 atom stereocenters. The van der Waals surface area contributed by atoms with Crippen molar-refractivity contribution in [2.24, 2.45) is 0 Å². The maximum Gasteiger partial charge on any atom is 0.573 e. The fraction of sp³-hybridized carbons (Fsp3) is 0.280. The van der Waals surface area contributed by atoms with Crippen molar-refractivity contribution in [3.8, 4) is 11.5 Å². The first-order valence-electron chi connectivity index (χ1n) is 12.8. The number of ether oxygens (including phenoxy) is 2. The quantitative estimate of drug-likeness (QED) is 0.200. The number of sulfonamides is 1. The number of alkyl halides is 6. The lowest BCUT2D eigenvalue weighted by molar-refractivity contribution is -0.275. The number of amides is 1.